The van der Waals surface area contributed by atoms with E-state index in [1.807, 2.05) is 0 Å². The summed E-state index contributed by atoms with van der Waals surface area (Å²) in [7, 11) is 0. The lowest BCUT2D eigenvalue weighted by Crippen LogP contribution is -2.17. The van der Waals surface area contributed by atoms with Crippen LogP contribution in [0.3, 0.4) is 0 Å². The van der Waals surface area contributed by atoms with Gasteiger partial charge < -0.3 is 14.9 Å². The predicted molar refractivity (Wildman–Crippen MR) is 45.9 cm³/mol. The maximum atomic E-state index is 9.19. The van der Waals surface area contributed by atoms with Crippen molar-refractivity contribution in [3.8, 4) is 0 Å². The molecule has 1 aliphatic rings. The Morgan fingerprint density at radius 3 is 2.33 bits per heavy atom. The van der Waals surface area contributed by atoms with Gasteiger partial charge in [-0.2, -0.15) is 0 Å². The summed E-state index contributed by atoms with van der Waals surface area (Å²) in [5.74, 6) is 0. The molecule has 1 fully saturated rings. The van der Waals surface area contributed by atoms with Crippen molar-refractivity contribution < 1.29 is 14.9 Å². The Morgan fingerprint density at radius 2 is 1.83 bits per heavy atom. The molecule has 3 atom stereocenters. The van der Waals surface area contributed by atoms with Crippen LogP contribution in [0.5, 0.6) is 0 Å². The quantitative estimate of drug-likeness (QED) is 0.616. The highest BCUT2D eigenvalue weighted by Crippen LogP contribution is 2.22. The van der Waals surface area contributed by atoms with Gasteiger partial charge in [0.15, 0.2) is 0 Å². The molecule has 0 radical (unpaired) electrons. The molecule has 1 aliphatic carbocycles. The van der Waals surface area contributed by atoms with Crippen LogP contribution < -0.4 is 0 Å². The Morgan fingerprint density at radius 1 is 1.25 bits per heavy atom. The zero-order valence-corrected chi connectivity index (χ0v) is 7.57. The summed E-state index contributed by atoms with van der Waals surface area (Å²) >= 11 is 0. The van der Waals surface area contributed by atoms with Gasteiger partial charge in [0.2, 0.25) is 0 Å². The van der Waals surface area contributed by atoms with Crippen LogP contribution in [0.4, 0.5) is 0 Å². The van der Waals surface area contributed by atoms with Crippen molar-refractivity contribution in [3.05, 3.63) is 0 Å². The standard InChI is InChI=1S/C9H18O3/c1-2-3-4-12-7-5-8(10)9(11)6-7/h7-11H,2-6H2,1H3/t7?,8-,9+. The maximum absolute atomic E-state index is 9.19. The first-order chi connectivity index (χ1) is 5.74. The number of aliphatic hydroxyl groups excluding tert-OH is 2. The van der Waals surface area contributed by atoms with Gasteiger partial charge >= 0.3 is 0 Å². The van der Waals surface area contributed by atoms with Crippen molar-refractivity contribution >= 4 is 0 Å². The van der Waals surface area contributed by atoms with E-state index in [0.717, 1.165) is 19.4 Å². The van der Waals surface area contributed by atoms with Gasteiger partial charge in [-0.3, -0.25) is 0 Å². The van der Waals surface area contributed by atoms with Gasteiger partial charge in [0, 0.05) is 19.4 Å². The van der Waals surface area contributed by atoms with Crippen LogP contribution in [0, 0.1) is 0 Å². The number of hydrogen-bond acceptors (Lipinski definition) is 3. The normalized spacial score (nSPS) is 35.8. The molecular formula is C9H18O3. The molecule has 0 aromatic heterocycles. The number of rotatable bonds is 4. The second-order valence-corrected chi connectivity index (χ2v) is 3.45. The molecule has 3 nitrogen and oxygen atoms in total. The topological polar surface area (TPSA) is 49.7 Å². The number of hydrogen-bond donors (Lipinski definition) is 2. The lowest BCUT2D eigenvalue weighted by molar-refractivity contribution is 0.0438. The average molecular weight is 174 g/mol. The summed E-state index contributed by atoms with van der Waals surface area (Å²) in [6, 6.07) is 0. The van der Waals surface area contributed by atoms with Crippen LogP contribution in [-0.4, -0.2) is 35.1 Å². The summed E-state index contributed by atoms with van der Waals surface area (Å²) < 4.78 is 5.46. The van der Waals surface area contributed by atoms with Crippen molar-refractivity contribution in [3.63, 3.8) is 0 Å². The largest absolute Gasteiger partial charge is 0.390 e. The van der Waals surface area contributed by atoms with E-state index in [0.29, 0.717) is 12.8 Å². The fourth-order valence-electron chi connectivity index (χ4n) is 1.48. The fourth-order valence-corrected chi connectivity index (χ4v) is 1.48. The molecule has 3 heteroatoms. The zero-order chi connectivity index (χ0) is 8.97. The van der Waals surface area contributed by atoms with E-state index in [2.05, 4.69) is 6.92 Å². The molecule has 0 aliphatic heterocycles. The number of aliphatic hydroxyl groups is 2. The summed E-state index contributed by atoms with van der Waals surface area (Å²) in [6.07, 6.45) is 2.28. The molecule has 0 heterocycles. The Labute approximate surface area is 73.4 Å². The number of ether oxygens (including phenoxy) is 1. The molecule has 1 rings (SSSR count). The SMILES string of the molecule is CCCCOC1C[C@@H](O)[C@@H](O)C1. The molecule has 0 aromatic carbocycles. The smallest absolute Gasteiger partial charge is 0.0824 e. The molecular weight excluding hydrogens is 156 g/mol. The summed E-state index contributed by atoms with van der Waals surface area (Å²) in [5, 5.41) is 18.4. The Bertz CT molecular complexity index is 117. The van der Waals surface area contributed by atoms with E-state index in [4.69, 9.17) is 4.74 Å². The first kappa shape index (κ1) is 9.96. The maximum Gasteiger partial charge on any atom is 0.0824 e. The van der Waals surface area contributed by atoms with Crippen LogP contribution >= 0.6 is 0 Å². The highest BCUT2D eigenvalue weighted by molar-refractivity contribution is 4.83. The van der Waals surface area contributed by atoms with E-state index in [-0.39, 0.29) is 6.10 Å². The van der Waals surface area contributed by atoms with Crippen LogP contribution in [-0.2, 0) is 4.74 Å². The summed E-state index contributed by atoms with van der Waals surface area (Å²) in [5.41, 5.74) is 0. The number of unbranched alkanes of at least 4 members (excludes halogenated alkanes) is 1. The third-order valence-electron chi connectivity index (χ3n) is 2.30. The second kappa shape index (κ2) is 4.80. The minimum absolute atomic E-state index is 0.0709. The zero-order valence-electron chi connectivity index (χ0n) is 7.57. The van der Waals surface area contributed by atoms with Gasteiger partial charge in [0.05, 0.1) is 18.3 Å². The van der Waals surface area contributed by atoms with Crippen molar-refractivity contribution in [1.82, 2.24) is 0 Å². The van der Waals surface area contributed by atoms with Crippen molar-refractivity contribution in [2.75, 3.05) is 6.61 Å². The van der Waals surface area contributed by atoms with Crippen LogP contribution in [0.2, 0.25) is 0 Å². The van der Waals surface area contributed by atoms with E-state index < -0.39 is 12.2 Å². The molecule has 0 spiro atoms. The first-order valence-corrected chi connectivity index (χ1v) is 4.71. The summed E-state index contributed by atoms with van der Waals surface area (Å²) in [6.45, 7) is 2.86. The second-order valence-electron chi connectivity index (χ2n) is 3.45. The molecule has 1 unspecified atom stereocenters. The molecule has 0 aromatic rings. The third-order valence-corrected chi connectivity index (χ3v) is 2.30. The molecule has 0 saturated heterocycles. The van der Waals surface area contributed by atoms with Crippen LogP contribution in [0.1, 0.15) is 32.6 Å². The molecule has 2 N–H and O–H groups in total. The highest BCUT2D eigenvalue weighted by atomic mass is 16.5. The van der Waals surface area contributed by atoms with Gasteiger partial charge in [-0.25, -0.2) is 0 Å². The van der Waals surface area contributed by atoms with E-state index in [1.165, 1.54) is 0 Å². The molecule has 12 heavy (non-hydrogen) atoms. The monoisotopic (exact) mass is 174 g/mol. The third kappa shape index (κ3) is 2.73. The minimum Gasteiger partial charge on any atom is -0.390 e. The lowest BCUT2D eigenvalue weighted by Gasteiger charge is -2.09. The van der Waals surface area contributed by atoms with Gasteiger partial charge in [-0.05, 0) is 6.42 Å². The van der Waals surface area contributed by atoms with Crippen molar-refractivity contribution in [2.45, 2.75) is 50.9 Å². The average Bonchev–Trinajstić information content (AvgIpc) is 2.32. The van der Waals surface area contributed by atoms with E-state index in [9.17, 15) is 10.2 Å². The molecule has 1 saturated carbocycles. The lowest BCUT2D eigenvalue weighted by atomic mass is 10.3. The minimum atomic E-state index is -0.573. The molecule has 72 valence electrons. The van der Waals surface area contributed by atoms with Gasteiger partial charge in [-0.1, -0.05) is 13.3 Å². The van der Waals surface area contributed by atoms with E-state index in [1.54, 1.807) is 0 Å². The summed E-state index contributed by atoms with van der Waals surface area (Å²) in [4.78, 5) is 0. The molecule has 0 amide bonds. The Hall–Kier alpha value is -0.120. The van der Waals surface area contributed by atoms with Gasteiger partial charge in [-0.15, -0.1) is 0 Å². The predicted octanol–water partition coefficient (Wildman–Crippen LogP) is 0.687. The van der Waals surface area contributed by atoms with Crippen molar-refractivity contribution in [1.29, 1.82) is 0 Å². The molecule has 0 bridgehead atoms. The Kier molecular flexibility index (Phi) is 3.98. The van der Waals surface area contributed by atoms with Crippen LogP contribution in [0.25, 0.3) is 0 Å². The van der Waals surface area contributed by atoms with Gasteiger partial charge in [0.25, 0.3) is 0 Å². The van der Waals surface area contributed by atoms with E-state index >= 15 is 0 Å². The van der Waals surface area contributed by atoms with Crippen molar-refractivity contribution in [2.24, 2.45) is 0 Å². The highest BCUT2D eigenvalue weighted by Gasteiger charge is 2.31. The van der Waals surface area contributed by atoms with Crippen LogP contribution in [0.15, 0.2) is 0 Å². The fraction of sp³-hybridized carbons (Fsp3) is 1.00. The Balaban J connectivity index is 2.10. The van der Waals surface area contributed by atoms with Gasteiger partial charge in [0.1, 0.15) is 0 Å². The first-order valence-electron chi connectivity index (χ1n) is 4.71.